The first kappa shape index (κ1) is 10.8. The second kappa shape index (κ2) is 4.44. The second-order valence-electron chi connectivity index (χ2n) is 5.08. The molecule has 2 rings (SSSR count). The molecular formula is C12H23NS. The van der Waals surface area contributed by atoms with Gasteiger partial charge in [0.25, 0.3) is 0 Å². The molecule has 1 heterocycles. The van der Waals surface area contributed by atoms with Crippen molar-refractivity contribution in [3.05, 3.63) is 0 Å². The molecule has 0 amide bonds. The molecule has 1 aliphatic carbocycles. The van der Waals surface area contributed by atoms with Gasteiger partial charge in [0.05, 0.1) is 0 Å². The highest BCUT2D eigenvalue weighted by Gasteiger charge is 2.41. The van der Waals surface area contributed by atoms with Gasteiger partial charge in [0.1, 0.15) is 0 Å². The van der Waals surface area contributed by atoms with Crippen LogP contribution in [0.15, 0.2) is 0 Å². The van der Waals surface area contributed by atoms with Gasteiger partial charge in [0.15, 0.2) is 0 Å². The van der Waals surface area contributed by atoms with Crippen LogP contribution in [0.25, 0.3) is 0 Å². The summed E-state index contributed by atoms with van der Waals surface area (Å²) in [6, 6.07) is 0.762. The fourth-order valence-corrected chi connectivity index (χ4v) is 4.91. The molecule has 2 atom stereocenters. The van der Waals surface area contributed by atoms with Crippen molar-refractivity contribution in [1.29, 1.82) is 0 Å². The lowest BCUT2D eigenvalue weighted by Crippen LogP contribution is -2.48. The monoisotopic (exact) mass is 213 g/mol. The van der Waals surface area contributed by atoms with Crippen molar-refractivity contribution in [3.8, 4) is 0 Å². The van der Waals surface area contributed by atoms with Crippen LogP contribution in [0.5, 0.6) is 0 Å². The third kappa shape index (κ3) is 1.96. The Morgan fingerprint density at radius 1 is 1.29 bits per heavy atom. The molecule has 0 bridgehead atoms. The molecular weight excluding hydrogens is 190 g/mol. The van der Waals surface area contributed by atoms with E-state index in [1.54, 1.807) is 0 Å². The van der Waals surface area contributed by atoms with E-state index in [2.05, 4.69) is 31.1 Å². The summed E-state index contributed by atoms with van der Waals surface area (Å²) in [4.78, 5) is 0. The van der Waals surface area contributed by atoms with Crippen LogP contribution in [0.2, 0.25) is 0 Å². The molecule has 1 N–H and O–H groups in total. The summed E-state index contributed by atoms with van der Waals surface area (Å²) in [5, 5.41) is 3.61. The van der Waals surface area contributed by atoms with E-state index in [0.717, 1.165) is 12.0 Å². The zero-order valence-electron chi connectivity index (χ0n) is 9.51. The molecule has 0 aromatic heterocycles. The minimum atomic E-state index is 0.532. The smallest absolute Gasteiger partial charge is 0.0287 e. The zero-order chi connectivity index (χ0) is 10.0. The van der Waals surface area contributed by atoms with Crippen LogP contribution >= 0.6 is 11.8 Å². The van der Waals surface area contributed by atoms with Gasteiger partial charge in [0.2, 0.25) is 0 Å². The van der Waals surface area contributed by atoms with E-state index in [1.807, 2.05) is 0 Å². The van der Waals surface area contributed by atoms with Crippen LogP contribution in [-0.2, 0) is 0 Å². The summed E-state index contributed by atoms with van der Waals surface area (Å²) in [5.41, 5.74) is 0. The third-order valence-corrected chi connectivity index (χ3v) is 5.70. The highest BCUT2D eigenvalue weighted by atomic mass is 32.2. The topological polar surface area (TPSA) is 12.0 Å². The molecule has 0 radical (unpaired) electrons. The van der Waals surface area contributed by atoms with Crippen LogP contribution in [0.1, 0.15) is 45.4 Å². The molecule has 2 heteroatoms. The largest absolute Gasteiger partial charge is 0.315 e. The molecule has 0 spiro atoms. The minimum absolute atomic E-state index is 0.532. The van der Waals surface area contributed by atoms with Crippen molar-refractivity contribution >= 4 is 11.8 Å². The molecule has 0 aromatic rings. The van der Waals surface area contributed by atoms with Crippen molar-refractivity contribution in [1.82, 2.24) is 5.32 Å². The number of nitrogens with one attached hydrogen (secondary N) is 1. The van der Waals surface area contributed by atoms with E-state index in [9.17, 15) is 0 Å². The normalized spacial score (nSPS) is 36.4. The molecule has 1 saturated carbocycles. The number of rotatable bonds is 3. The molecule has 1 nitrogen and oxygen atoms in total. The standard InChI is InChI=1S/C12H23NS/c1-12(8-5-9-14-12)11(13-2)10-6-3-4-7-10/h10-11,13H,3-9H2,1-2H3. The summed E-state index contributed by atoms with van der Waals surface area (Å²) < 4.78 is 0.532. The Kier molecular flexibility index (Phi) is 3.43. The van der Waals surface area contributed by atoms with E-state index in [-0.39, 0.29) is 0 Å². The fraction of sp³-hybridized carbons (Fsp3) is 1.00. The average Bonchev–Trinajstić information content (AvgIpc) is 2.78. The zero-order valence-corrected chi connectivity index (χ0v) is 10.3. The lowest BCUT2D eigenvalue weighted by Gasteiger charge is -2.37. The first-order chi connectivity index (χ1) is 6.76. The lowest BCUT2D eigenvalue weighted by atomic mass is 9.85. The summed E-state index contributed by atoms with van der Waals surface area (Å²) in [6.07, 6.45) is 8.68. The van der Waals surface area contributed by atoms with Crippen LogP contribution in [0.3, 0.4) is 0 Å². The highest BCUT2D eigenvalue weighted by Crippen LogP contribution is 2.45. The summed E-state index contributed by atoms with van der Waals surface area (Å²) in [7, 11) is 2.16. The van der Waals surface area contributed by atoms with Crippen molar-refractivity contribution in [2.24, 2.45) is 5.92 Å². The Labute approximate surface area is 92.4 Å². The van der Waals surface area contributed by atoms with E-state index >= 15 is 0 Å². The molecule has 1 aliphatic heterocycles. The Balaban J connectivity index is 2.03. The first-order valence-corrected chi connectivity index (χ1v) is 7.06. The quantitative estimate of drug-likeness (QED) is 0.773. The Hall–Kier alpha value is 0.310. The fourth-order valence-electron chi connectivity index (χ4n) is 3.38. The first-order valence-electron chi connectivity index (χ1n) is 6.07. The van der Waals surface area contributed by atoms with Crippen LogP contribution in [0, 0.1) is 5.92 Å². The van der Waals surface area contributed by atoms with Crippen molar-refractivity contribution in [3.63, 3.8) is 0 Å². The van der Waals surface area contributed by atoms with Gasteiger partial charge in [-0.1, -0.05) is 12.8 Å². The average molecular weight is 213 g/mol. The van der Waals surface area contributed by atoms with E-state index in [1.165, 1.54) is 44.3 Å². The maximum atomic E-state index is 3.61. The predicted molar refractivity (Wildman–Crippen MR) is 64.9 cm³/mol. The maximum absolute atomic E-state index is 3.61. The van der Waals surface area contributed by atoms with Crippen LogP contribution in [0.4, 0.5) is 0 Å². The minimum Gasteiger partial charge on any atom is -0.315 e. The lowest BCUT2D eigenvalue weighted by molar-refractivity contribution is 0.307. The van der Waals surface area contributed by atoms with Crippen molar-refractivity contribution in [2.75, 3.05) is 12.8 Å². The van der Waals surface area contributed by atoms with E-state index in [4.69, 9.17) is 0 Å². The Morgan fingerprint density at radius 3 is 2.50 bits per heavy atom. The number of thioether (sulfide) groups is 1. The third-order valence-electron chi connectivity index (χ3n) is 4.09. The van der Waals surface area contributed by atoms with E-state index in [0.29, 0.717) is 4.75 Å². The SMILES string of the molecule is CNC(C1CCCC1)C1(C)CCCS1. The summed E-state index contributed by atoms with van der Waals surface area (Å²) in [5.74, 6) is 2.33. The molecule has 82 valence electrons. The van der Waals surface area contributed by atoms with E-state index < -0.39 is 0 Å². The number of hydrogen-bond donors (Lipinski definition) is 1. The highest BCUT2D eigenvalue weighted by molar-refractivity contribution is 8.00. The van der Waals surface area contributed by atoms with Gasteiger partial charge in [-0.15, -0.1) is 0 Å². The molecule has 0 aromatic carbocycles. The van der Waals surface area contributed by atoms with Crippen molar-refractivity contribution in [2.45, 2.75) is 56.2 Å². The van der Waals surface area contributed by atoms with Crippen LogP contribution < -0.4 is 5.32 Å². The predicted octanol–water partition coefficient (Wildman–Crippen LogP) is 3.05. The molecule has 14 heavy (non-hydrogen) atoms. The van der Waals surface area contributed by atoms with Gasteiger partial charge in [0, 0.05) is 10.8 Å². The molecule has 1 saturated heterocycles. The summed E-state index contributed by atoms with van der Waals surface area (Å²) >= 11 is 2.20. The molecule has 2 fully saturated rings. The molecule has 2 aliphatic rings. The summed E-state index contributed by atoms with van der Waals surface area (Å²) in [6.45, 7) is 2.48. The van der Waals surface area contributed by atoms with Gasteiger partial charge in [-0.3, -0.25) is 0 Å². The number of hydrogen-bond acceptors (Lipinski definition) is 2. The van der Waals surface area contributed by atoms with Gasteiger partial charge in [-0.2, -0.15) is 11.8 Å². The Morgan fingerprint density at radius 2 is 2.00 bits per heavy atom. The molecule has 2 unspecified atom stereocenters. The second-order valence-corrected chi connectivity index (χ2v) is 6.71. The van der Waals surface area contributed by atoms with Gasteiger partial charge < -0.3 is 5.32 Å². The van der Waals surface area contributed by atoms with Crippen molar-refractivity contribution < 1.29 is 0 Å². The van der Waals surface area contributed by atoms with Crippen LogP contribution in [-0.4, -0.2) is 23.6 Å². The van der Waals surface area contributed by atoms with Gasteiger partial charge in [-0.25, -0.2) is 0 Å². The Bertz CT molecular complexity index is 181. The van der Waals surface area contributed by atoms with Gasteiger partial charge in [-0.05, 0) is 51.3 Å². The maximum Gasteiger partial charge on any atom is 0.0287 e. The van der Waals surface area contributed by atoms with Gasteiger partial charge >= 0.3 is 0 Å².